The number of benzene rings is 3. The van der Waals surface area contributed by atoms with Crippen molar-refractivity contribution in [2.24, 2.45) is 0 Å². The Labute approximate surface area is 232 Å². The Hall–Kier alpha value is -4.01. The van der Waals surface area contributed by atoms with Crippen molar-refractivity contribution in [3.05, 3.63) is 87.9 Å². The zero-order valence-electron chi connectivity index (χ0n) is 22.0. The predicted octanol–water partition coefficient (Wildman–Crippen LogP) is 4.74. The highest BCUT2D eigenvalue weighted by atomic mass is 35.5. The summed E-state index contributed by atoms with van der Waals surface area (Å²) in [5.41, 5.74) is 2.97. The third kappa shape index (κ3) is 4.93. The number of hydrogen-bond donors (Lipinski definition) is 2. The number of ketones is 1. The number of aliphatic hydroxyl groups excluding tert-OH is 1. The molecule has 3 aromatic carbocycles. The number of aliphatic hydroxyl groups is 1. The summed E-state index contributed by atoms with van der Waals surface area (Å²) in [6, 6.07) is 16.1. The number of carbonyl (C=O) groups is 2. The highest BCUT2D eigenvalue weighted by Gasteiger charge is 2.47. The predicted molar refractivity (Wildman–Crippen MR) is 152 cm³/mol. The first-order valence-electron chi connectivity index (χ1n) is 12.7. The Kier molecular flexibility index (Phi) is 7.25. The number of ether oxygens (including phenoxy) is 1. The molecule has 0 spiro atoms. The first-order valence-corrected chi connectivity index (χ1v) is 13.1. The Bertz CT molecular complexity index is 1440. The number of piperazine rings is 1. The van der Waals surface area contributed by atoms with Gasteiger partial charge in [0.25, 0.3) is 11.7 Å². The summed E-state index contributed by atoms with van der Waals surface area (Å²) >= 11 is 6.38. The van der Waals surface area contributed by atoms with E-state index in [0.717, 1.165) is 37.4 Å². The van der Waals surface area contributed by atoms with Gasteiger partial charge in [-0.2, -0.15) is 0 Å². The van der Waals surface area contributed by atoms with Crippen LogP contribution in [0.2, 0.25) is 5.02 Å². The van der Waals surface area contributed by atoms with Crippen LogP contribution < -0.4 is 14.5 Å². The average molecular weight is 548 g/mol. The van der Waals surface area contributed by atoms with E-state index in [0.29, 0.717) is 11.3 Å². The average Bonchev–Trinajstić information content (AvgIpc) is 3.19. The molecule has 2 aliphatic rings. The second-order valence-electron chi connectivity index (χ2n) is 9.89. The largest absolute Gasteiger partial charge is 0.508 e. The van der Waals surface area contributed by atoms with Gasteiger partial charge in [-0.15, -0.1) is 0 Å². The number of likely N-dealkylation sites (N-methyl/N-ethyl adjacent to an activating group) is 1. The van der Waals surface area contributed by atoms with E-state index in [9.17, 15) is 19.8 Å². The van der Waals surface area contributed by atoms with E-state index in [1.165, 1.54) is 24.1 Å². The summed E-state index contributed by atoms with van der Waals surface area (Å²) < 4.78 is 5.44. The van der Waals surface area contributed by atoms with Crippen molar-refractivity contribution in [1.82, 2.24) is 4.90 Å². The molecule has 5 rings (SSSR count). The molecule has 1 amide bonds. The van der Waals surface area contributed by atoms with E-state index in [1.54, 1.807) is 31.2 Å². The molecule has 9 heteroatoms. The summed E-state index contributed by atoms with van der Waals surface area (Å²) in [4.78, 5) is 33.0. The fourth-order valence-electron chi connectivity index (χ4n) is 5.22. The zero-order valence-corrected chi connectivity index (χ0v) is 22.8. The number of amides is 1. The van der Waals surface area contributed by atoms with Crippen LogP contribution in [0.3, 0.4) is 0 Å². The number of aromatic hydroxyl groups is 1. The van der Waals surface area contributed by atoms with Crippen molar-refractivity contribution >= 4 is 40.4 Å². The monoisotopic (exact) mass is 547 g/mol. The number of phenols is 1. The molecular formula is C30H30ClN3O5. The lowest BCUT2D eigenvalue weighted by atomic mass is 9.94. The normalized spacial score (nSPS) is 19.5. The van der Waals surface area contributed by atoms with Crippen LogP contribution >= 0.6 is 11.6 Å². The van der Waals surface area contributed by atoms with Gasteiger partial charge in [0.15, 0.2) is 0 Å². The number of hydrogen-bond acceptors (Lipinski definition) is 7. The van der Waals surface area contributed by atoms with Crippen LogP contribution in [0, 0.1) is 6.92 Å². The van der Waals surface area contributed by atoms with E-state index in [-0.39, 0.29) is 33.4 Å². The smallest absolute Gasteiger partial charge is 0.300 e. The van der Waals surface area contributed by atoms with E-state index < -0.39 is 17.7 Å². The van der Waals surface area contributed by atoms with Crippen LogP contribution in [0.15, 0.2) is 66.2 Å². The molecule has 2 saturated heterocycles. The molecule has 0 bridgehead atoms. The van der Waals surface area contributed by atoms with Crippen LogP contribution in [0.4, 0.5) is 11.4 Å². The zero-order chi connectivity index (χ0) is 27.8. The topological polar surface area (TPSA) is 93.5 Å². The molecule has 3 aromatic rings. The first kappa shape index (κ1) is 26.6. The summed E-state index contributed by atoms with van der Waals surface area (Å²) in [7, 11) is 3.52. The number of methoxy groups -OCH3 is 1. The summed E-state index contributed by atoms with van der Waals surface area (Å²) in [5.74, 6) is -1.73. The molecule has 0 radical (unpaired) electrons. The number of aryl methyl sites for hydroxylation is 1. The molecule has 2 aliphatic heterocycles. The lowest BCUT2D eigenvalue weighted by Gasteiger charge is -2.34. The van der Waals surface area contributed by atoms with Crippen molar-refractivity contribution < 1.29 is 24.5 Å². The summed E-state index contributed by atoms with van der Waals surface area (Å²) in [5, 5.41) is 21.7. The minimum atomic E-state index is -0.941. The van der Waals surface area contributed by atoms with Gasteiger partial charge < -0.3 is 24.7 Å². The Morgan fingerprint density at radius 2 is 1.56 bits per heavy atom. The molecule has 2 fully saturated rings. The van der Waals surface area contributed by atoms with Crippen molar-refractivity contribution in [3.8, 4) is 11.5 Å². The maximum absolute atomic E-state index is 13.5. The SMILES string of the molecule is COc1c(Cl)cc(C)cc1/C(O)=C1\C(=O)C(=O)N(c2ccc(N3CCN(C)CC3)cc2)C1c1ccc(O)cc1. The molecule has 0 aliphatic carbocycles. The van der Waals surface area contributed by atoms with Crippen molar-refractivity contribution in [3.63, 3.8) is 0 Å². The van der Waals surface area contributed by atoms with Gasteiger partial charge in [0.2, 0.25) is 0 Å². The maximum atomic E-state index is 13.5. The Balaban J connectivity index is 1.63. The van der Waals surface area contributed by atoms with Gasteiger partial charge in [0, 0.05) is 37.6 Å². The van der Waals surface area contributed by atoms with Crippen LogP contribution in [0.5, 0.6) is 11.5 Å². The van der Waals surface area contributed by atoms with Crippen molar-refractivity contribution in [2.75, 3.05) is 50.1 Å². The number of carbonyl (C=O) groups excluding carboxylic acids is 2. The van der Waals surface area contributed by atoms with Crippen LogP contribution in [0.25, 0.3) is 5.76 Å². The van der Waals surface area contributed by atoms with Crippen LogP contribution in [-0.4, -0.2) is 67.1 Å². The minimum absolute atomic E-state index is 0.0411. The number of rotatable bonds is 5. The lowest BCUT2D eigenvalue weighted by Crippen LogP contribution is -2.44. The number of anilines is 2. The molecule has 0 aromatic heterocycles. The molecular weight excluding hydrogens is 518 g/mol. The molecule has 0 saturated carbocycles. The van der Waals surface area contributed by atoms with Gasteiger partial charge in [-0.1, -0.05) is 23.7 Å². The molecule has 39 heavy (non-hydrogen) atoms. The fourth-order valence-corrected chi connectivity index (χ4v) is 5.57. The third-order valence-electron chi connectivity index (χ3n) is 7.30. The number of phenolic OH excluding ortho intramolecular Hbond substituents is 1. The van der Waals surface area contributed by atoms with Crippen LogP contribution in [0.1, 0.15) is 22.7 Å². The first-order chi connectivity index (χ1) is 18.7. The quantitative estimate of drug-likeness (QED) is 0.271. The molecule has 2 N–H and O–H groups in total. The second-order valence-corrected chi connectivity index (χ2v) is 10.3. The van der Waals surface area contributed by atoms with Gasteiger partial charge in [-0.25, -0.2) is 0 Å². The molecule has 8 nitrogen and oxygen atoms in total. The van der Waals surface area contributed by atoms with Crippen LogP contribution in [-0.2, 0) is 9.59 Å². The van der Waals surface area contributed by atoms with E-state index >= 15 is 0 Å². The minimum Gasteiger partial charge on any atom is -0.508 e. The van der Waals surface area contributed by atoms with E-state index in [1.807, 2.05) is 24.3 Å². The molecule has 2 heterocycles. The molecule has 1 atom stereocenters. The van der Waals surface area contributed by atoms with E-state index in [4.69, 9.17) is 16.3 Å². The standard InChI is InChI=1S/C30H30ClN3O5/c1-18-16-23(29(39-3)24(31)17-18)27(36)25-26(19-4-10-22(35)11-5-19)34(30(38)28(25)37)21-8-6-20(7-9-21)33-14-12-32(2)13-15-33/h4-11,16-17,26,35-36H,12-15H2,1-3H3/b27-25+. The van der Waals surface area contributed by atoms with Gasteiger partial charge in [0.1, 0.15) is 17.3 Å². The van der Waals surface area contributed by atoms with Crippen molar-refractivity contribution in [2.45, 2.75) is 13.0 Å². The van der Waals surface area contributed by atoms with E-state index in [2.05, 4.69) is 16.8 Å². The third-order valence-corrected chi connectivity index (χ3v) is 7.58. The van der Waals surface area contributed by atoms with Gasteiger partial charge in [-0.3, -0.25) is 14.5 Å². The fraction of sp³-hybridized carbons (Fsp3) is 0.267. The molecule has 1 unspecified atom stereocenters. The van der Waals surface area contributed by atoms with Gasteiger partial charge >= 0.3 is 0 Å². The van der Waals surface area contributed by atoms with Gasteiger partial charge in [-0.05, 0) is 73.6 Å². The number of halogens is 1. The highest BCUT2D eigenvalue weighted by molar-refractivity contribution is 6.51. The van der Waals surface area contributed by atoms with Gasteiger partial charge in [0.05, 0.1) is 29.3 Å². The maximum Gasteiger partial charge on any atom is 0.300 e. The number of nitrogens with zero attached hydrogens (tertiary/aromatic N) is 3. The second kappa shape index (κ2) is 10.6. The Morgan fingerprint density at radius 1 is 0.949 bits per heavy atom. The summed E-state index contributed by atoms with van der Waals surface area (Å²) in [6.45, 7) is 5.52. The summed E-state index contributed by atoms with van der Waals surface area (Å²) in [6.07, 6.45) is 0. The lowest BCUT2D eigenvalue weighted by molar-refractivity contribution is -0.132. The van der Waals surface area contributed by atoms with Crippen molar-refractivity contribution in [1.29, 1.82) is 0 Å². The number of Topliss-reactive ketones (excluding diaryl/α,β-unsaturated/α-hetero) is 1. The highest BCUT2D eigenvalue weighted by Crippen LogP contribution is 2.45. The molecule has 202 valence electrons. The Morgan fingerprint density at radius 3 is 2.18 bits per heavy atom.